The number of H-pyrrole nitrogens is 1. The maximum atomic E-state index is 13.2. The van der Waals surface area contributed by atoms with Crippen molar-refractivity contribution in [2.75, 3.05) is 4.90 Å². The fourth-order valence-corrected chi connectivity index (χ4v) is 3.67. The number of anilines is 1. The van der Waals surface area contributed by atoms with Crippen LogP contribution in [0.15, 0.2) is 60.2 Å². The standard InChI is InChI=1S/C22H20N2O2/c1-14(2)12-19-21(16-10-6-7-11-18(16)23-19)17-13-20(25)24(22(17)26)15-8-4-3-5-9-15/h3-12,17,23H,13H2,1-2H3. The highest BCUT2D eigenvalue weighted by Crippen LogP contribution is 2.39. The molecule has 2 heterocycles. The van der Waals surface area contributed by atoms with E-state index in [1.165, 1.54) is 4.90 Å². The number of fused-ring (bicyclic) bond motifs is 1. The third-order valence-corrected chi connectivity index (χ3v) is 4.72. The van der Waals surface area contributed by atoms with Gasteiger partial charge in [0.05, 0.1) is 11.6 Å². The molecule has 1 unspecified atom stereocenters. The van der Waals surface area contributed by atoms with Gasteiger partial charge in [0.25, 0.3) is 0 Å². The molecule has 1 aromatic heterocycles. The zero-order valence-corrected chi connectivity index (χ0v) is 14.8. The third-order valence-electron chi connectivity index (χ3n) is 4.72. The van der Waals surface area contributed by atoms with Gasteiger partial charge in [0.15, 0.2) is 0 Å². The summed E-state index contributed by atoms with van der Waals surface area (Å²) in [6.45, 7) is 4.04. The monoisotopic (exact) mass is 344 g/mol. The quantitative estimate of drug-likeness (QED) is 0.704. The first-order valence-corrected chi connectivity index (χ1v) is 8.73. The summed E-state index contributed by atoms with van der Waals surface area (Å²) in [6.07, 6.45) is 2.23. The van der Waals surface area contributed by atoms with Gasteiger partial charge in [0, 0.05) is 23.0 Å². The summed E-state index contributed by atoms with van der Waals surface area (Å²) in [7, 11) is 0. The van der Waals surface area contributed by atoms with E-state index < -0.39 is 5.92 Å². The van der Waals surface area contributed by atoms with Crippen molar-refractivity contribution in [1.29, 1.82) is 0 Å². The number of allylic oxidation sites excluding steroid dienone is 1. The third kappa shape index (κ3) is 2.64. The van der Waals surface area contributed by atoms with Crippen molar-refractivity contribution < 1.29 is 9.59 Å². The highest BCUT2D eigenvalue weighted by Gasteiger charge is 2.42. The summed E-state index contributed by atoms with van der Waals surface area (Å²) >= 11 is 0. The van der Waals surface area contributed by atoms with Gasteiger partial charge in [-0.2, -0.15) is 0 Å². The molecule has 130 valence electrons. The van der Waals surface area contributed by atoms with Crippen LogP contribution in [0.3, 0.4) is 0 Å². The topological polar surface area (TPSA) is 53.2 Å². The van der Waals surface area contributed by atoms with Crippen LogP contribution in [0.5, 0.6) is 0 Å². The maximum Gasteiger partial charge on any atom is 0.241 e. The van der Waals surface area contributed by atoms with Crippen molar-refractivity contribution in [3.8, 4) is 0 Å². The molecule has 4 nitrogen and oxygen atoms in total. The van der Waals surface area contributed by atoms with Crippen molar-refractivity contribution in [2.24, 2.45) is 0 Å². The number of nitrogens with one attached hydrogen (secondary N) is 1. The van der Waals surface area contributed by atoms with Crippen LogP contribution in [-0.2, 0) is 9.59 Å². The van der Waals surface area contributed by atoms with E-state index in [0.29, 0.717) is 5.69 Å². The van der Waals surface area contributed by atoms with Crippen LogP contribution in [0.1, 0.15) is 37.4 Å². The number of hydrogen-bond donors (Lipinski definition) is 1. The number of para-hydroxylation sites is 2. The number of carbonyl (C=O) groups is 2. The molecule has 2 amide bonds. The van der Waals surface area contributed by atoms with Crippen molar-refractivity contribution in [2.45, 2.75) is 26.2 Å². The fourth-order valence-electron chi connectivity index (χ4n) is 3.67. The number of carbonyl (C=O) groups excluding carboxylic acids is 2. The molecule has 2 aromatic carbocycles. The van der Waals surface area contributed by atoms with Crippen LogP contribution >= 0.6 is 0 Å². The van der Waals surface area contributed by atoms with Crippen molar-refractivity contribution in [3.63, 3.8) is 0 Å². The van der Waals surface area contributed by atoms with Crippen LogP contribution in [0, 0.1) is 0 Å². The van der Waals surface area contributed by atoms with Gasteiger partial charge in [-0.05, 0) is 43.7 Å². The molecule has 3 aromatic rings. The van der Waals surface area contributed by atoms with Crippen molar-refractivity contribution >= 4 is 34.5 Å². The second-order valence-corrected chi connectivity index (χ2v) is 6.88. The first kappa shape index (κ1) is 16.3. The van der Waals surface area contributed by atoms with Gasteiger partial charge in [0.1, 0.15) is 0 Å². The summed E-state index contributed by atoms with van der Waals surface area (Å²) in [5, 5.41) is 1.00. The second kappa shape index (κ2) is 6.30. The van der Waals surface area contributed by atoms with Crippen LogP contribution < -0.4 is 4.90 Å². The largest absolute Gasteiger partial charge is 0.355 e. The molecule has 1 aliphatic heterocycles. The molecular weight excluding hydrogens is 324 g/mol. The smallest absolute Gasteiger partial charge is 0.241 e. The number of imide groups is 1. The Hall–Kier alpha value is -3.14. The lowest BCUT2D eigenvalue weighted by Crippen LogP contribution is -2.30. The summed E-state index contributed by atoms with van der Waals surface area (Å²) in [6, 6.07) is 17.1. The zero-order chi connectivity index (χ0) is 18.3. The molecule has 4 rings (SSSR count). The predicted molar refractivity (Wildman–Crippen MR) is 104 cm³/mol. The van der Waals surface area contributed by atoms with E-state index in [4.69, 9.17) is 0 Å². The average molecular weight is 344 g/mol. The highest BCUT2D eigenvalue weighted by atomic mass is 16.2. The molecular formula is C22H20N2O2. The lowest BCUT2D eigenvalue weighted by molar-refractivity contribution is -0.121. The van der Waals surface area contributed by atoms with E-state index >= 15 is 0 Å². The Kier molecular flexibility index (Phi) is 3.96. The van der Waals surface area contributed by atoms with Crippen LogP contribution in [0.2, 0.25) is 0 Å². The summed E-state index contributed by atoms with van der Waals surface area (Å²) in [5.74, 6) is -0.779. The lowest BCUT2D eigenvalue weighted by atomic mass is 9.93. The molecule has 0 saturated carbocycles. The Labute approximate surface area is 152 Å². The Morgan fingerprint density at radius 1 is 1.04 bits per heavy atom. The molecule has 0 bridgehead atoms. The van der Waals surface area contributed by atoms with Crippen LogP contribution in [0.4, 0.5) is 5.69 Å². The summed E-state index contributed by atoms with van der Waals surface area (Å²) < 4.78 is 0. The van der Waals surface area contributed by atoms with E-state index in [2.05, 4.69) is 4.98 Å². The maximum absolute atomic E-state index is 13.2. The van der Waals surface area contributed by atoms with Crippen molar-refractivity contribution in [3.05, 3.63) is 71.4 Å². The lowest BCUT2D eigenvalue weighted by Gasteiger charge is -2.15. The number of aromatic nitrogens is 1. The van der Waals surface area contributed by atoms with E-state index in [1.54, 1.807) is 12.1 Å². The average Bonchev–Trinajstić information content (AvgIpc) is 3.11. The fraction of sp³-hybridized carbons (Fsp3) is 0.182. The first-order valence-electron chi connectivity index (χ1n) is 8.73. The van der Waals surface area contributed by atoms with E-state index in [-0.39, 0.29) is 18.2 Å². The van der Waals surface area contributed by atoms with Gasteiger partial charge in [-0.25, -0.2) is 0 Å². The number of amides is 2. The highest BCUT2D eigenvalue weighted by molar-refractivity contribution is 6.23. The number of rotatable bonds is 3. The van der Waals surface area contributed by atoms with E-state index in [0.717, 1.165) is 27.7 Å². The second-order valence-electron chi connectivity index (χ2n) is 6.88. The molecule has 1 atom stereocenters. The number of hydrogen-bond acceptors (Lipinski definition) is 2. The van der Waals surface area contributed by atoms with Gasteiger partial charge in [-0.15, -0.1) is 0 Å². The summed E-state index contributed by atoms with van der Waals surface area (Å²) in [5.41, 5.74) is 4.57. The minimum absolute atomic E-state index is 0.153. The molecule has 26 heavy (non-hydrogen) atoms. The molecule has 1 N–H and O–H groups in total. The van der Waals surface area contributed by atoms with E-state index in [9.17, 15) is 9.59 Å². The van der Waals surface area contributed by atoms with Gasteiger partial charge in [-0.1, -0.05) is 42.0 Å². The minimum Gasteiger partial charge on any atom is -0.355 e. The number of nitrogens with zero attached hydrogens (tertiary/aromatic N) is 1. The van der Waals surface area contributed by atoms with Gasteiger partial charge < -0.3 is 4.98 Å². The Morgan fingerprint density at radius 3 is 2.46 bits per heavy atom. The molecule has 1 fully saturated rings. The minimum atomic E-state index is -0.468. The van der Waals surface area contributed by atoms with Crippen molar-refractivity contribution in [1.82, 2.24) is 4.98 Å². The normalized spacial score (nSPS) is 17.2. The van der Waals surface area contributed by atoms with Crippen LogP contribution in [0.25, 0.3) is 17.0 Å². The number of aromatic amines is 1. The molecule has 0 aliphatic carbocycles. The van der Waals surface area contributed by atoms with Gasteiger partial charge in [-0.3, -0.25) is 14.5 Å². The Morgan fingerprint density at radius 2 is 1.73 bits per heavy atom. The zero-order valence-electron chi connectivity index (χ0n) is 14.8. The van der Waals surface area contributed by atoms with Crippen LogP contribution in [-0.4, -0.2) is 16.8 Å². The molecule has 1 saturated heterocycles. The molecule has 0 radical (unpaired) electrons. The SMILES string of the molecule is CC(C)=Cc1[nH]c2ccccc2c1C1CC(=O)N(c2ccccc2)C1=O. The Bertz CT molecular complexity index is 1030. The predicted octanol–water partition coefficient (Wildman–Crippen LogP) is 4.64. The summed E-state index contributed by atoms with van der Waals surface area (Å²) in [4.78, 5) is 30.5. The molecule has 0 spiro atoms. The first-order chi connectivity index (χ1) is 12.6. The Balaban J connectivity index is 1.85. The molecule has 4 heteroatoms. The van der Waals surface area contributed by atoms with Gasteiger partial charge in [0.2, 0.25) is 11.8 Å². The van der Waals surface area contributed by atoms with Gasteiger partial charge >= 0.3 is 0 Å². The van der Waals surface area contributed by atoms with E-state index in [1.807, 2.05) is 62.4 Å². The molecule has 1 aliphatic rings. The number of benzene rings is 2.